The first-order chi connectivity index (χ1) is 14.3. The largest absolute Gasteiger partial charge is 0.299 e. The van der Waals surface area contributed by atoms with E-state index in [1.807, 2.05) is 11.1 Å². The van der Waals surface area contributed by atoms with Gasteiger partial charge >= 0.3 is 0 Å². The molecule has 0 aromatic rings. The third kappa shape index (κ3) is 2.53. The molecular weight excluding hydrogens is 376 g/mol. The van der Waals surface area contributed by atoms with Gasteiger partial charge in [0, 0.05) is 11.8 Å². The lowest BCUT2D eigenvalue weighted by Crippen LogP contribution is -2.66. The Morgan fingerprint density at radius 1 is 0.710 bits per heavy atom. The SMILES string of the molecule is CC(C)C1=C2CCC3(C)C(CCC4C5(C)CCC(=O)C(C)(C)C5CCC43C)C2(C)CC1. The van der Waals surface area contributed by atoms with E-state index in [1.165, 1.54) is 51.4 Å². The average Bonchev–Trinajstić information content (AvgIpc) is 3.03. The summed E-state index contributed by atoms with van der Waals surface area (Å²) in [6.45, 7) is 20.1. The third-order valence-electron chi connectivity index (χ3n) is 13.0. The Morgan fingerprint density at radius 2 is 1.35 bits per heavy atom. The summed E-state index contributed by atoms with van der Waals surface area (Å²) in [5, 5.41) is 0. The maximum Gasteiger partial charge on any atom is 0.138 e. The molecule has 174 valence electrons. The molecule has 7 atom stereocenters. The Bertz CT molecular complexity index is 831. The molecule has 4 saturated carbocycles. The summed E-state index contributed by atoms with van der Waals surface area (Å²) in [6.07, 6.45) is 12.9. The topological polar surface area (TPSA) is 17.1 Å². The molecule has 0 aromatic carbocycles. The van der Waals surface area contributed by atoms with Gasteiger partial charge in [-0.05, 0) is 103 Å². The molecular formula is C30H48O. The van der Waals surface area contributed by atoms with Crippen molar-refractivity contribution in [1.82, 2.24) is 0 Å². The number of carbonyl (C=O) groups is 1. The molecule has 0 N–H and O–H groups in total. The molecule has 0 radical (unpaired) electrons. The van der Waals surface area contributed by atoms with Crippen LogP contribution in [0.2, 0.25) is 0 Å². The summed E-state index contributed by atoms with van der Waals surface area (Å²) in [4.78, 5) is 12.9. The fourth-order valence-electron chi connectivity index (χ4n) is 11.1. The van der Waals surface area contributed by atoms with Crippen molar-refractivity contribution in [3.8, 4) is 0 Å². The maximum absolute atomic E-state index is 12.9. The highest BCUT2D eigenvalue weighted by Gasteiger charge is 2.69. The number of hydrogen-bond acceptors (Lipinski definition) is 1. The molecule has 0 bridgehead atoms. The van der Waals surface area contributed by atoms with Crippen molar-refractivity contribution in [2.75, 3.05) is 0 Å². The molecule has 31 heavy (non-hydrogen) atoms. The normalized spacial score (nSPS) is 51.3. The van der Waals surface area contributed by atoms with E-state index in [9.17, 15) is 4.79 Å². The molecule has 0 amide bonds. The van der Waals surface area contributed by atoms with E-state index in [1.54, 1.807) is 0 Å². The predicted molar refractivity (Wildman–Crippen MR) is 130 cm³/mol. The molecule has 0 aromatic heterocycles. The lowest BCUT2D eigenvalue weighted by molar-refractivity contribution is -0.224. The quantitative estimate of drug-likeness (QED) is 0.386. The molecule has 4 fully saturated rings. The Morgan fingerprint density at radius 3 is 2.03 bits per heavy atom. The van der Waals surface area contributed by atoms with Crippen molar-refractivity contribution in [2.24, 2.45) is 50.7 Å². The summed E-state index contributed by atoms with van der Waals surface area (Å²) in [5.41, 5.74) is 5.23. The second-order valence-electron chi connectivity index (χ2n) is 14.3. The first-order valence-electron chi connectivity index (χ1n) is 13.6. The van der Waals surface area contributed by atoms with Crippen molar-refractivity contribution >= 4 is 5.78 Å². The number of Topliss-reactive ketones (excluding diaryl/α,β-unsaturated/α-hetero) is 1. The molecule has 1 nitrogen and oxygen atoms in total. The van der Waals surface area contributed by atoms with Crippen molar-refractivity contribution in [1.29, 1.82) is 0 Å². The molecule has 7 unspecified atom stereocenters. The minimum atomic E-state index is -0.127. The second kappa shape index (κ2) is 6.50. The van der Waals surface area contributed by atoms with Gasteiger partial charge in [-0.2, -0.15) is 0 Å². The summed E-state index contributed by atoms with van der Waals surface area (Å²) in [5.74, 6) is 3.47. The smallest absolute Gasteiger partial charge is 0.138 e. The van der Waals surface area contributed by atoms with Crippen LogP contribution in [0.4, 0.5) is 0 Å². The molecule has 5 aliphatic carbocycles. The summed E-state index contributed by atoms with van der Waals surface area (Å²) >= 11 is 0. The average molecular weight is 425 g/mol. The molecule has 5 aliphatic rings. The number of hydrogen-bond donors (Lipinski definition) is 0. The van der Waals surface area contributed by atoms with Crippen LogP contribution in [0.25, 0.3) is 0 Å². The van der Waals surface area contributed by atoms with Crippen LogP contribution in [0.3, 0.4) is 0 Å². The Kier molecular flexibility index (Phi) is 4.66. The standard InChI is InChI=1S/C30H48O/c1-19(2)20-11-15-27(5)21(20)12-17-29(7)23(27)9-10-24-28(6)16-14-25(31)26(3,4)22(28)13-18-30(24,29)8/h19,22-24H,9-18H2,1-8H3. The summed E-state index contributed by atoms with van der Waals surface area (Å²) in [6, 6.07) is 0. The zero-order chi connectivity index (χ0) is 22.6. The molecule has 0 aliphatic heterocycles. The van der Waals surface area contributed by atoms with Crippen LogP contribution >= 0.6 is 0 Å². The van der Waals surface area contributed by atoms with Gasteiger partial charge in [0.05, 0.1) is 0 Å². The number of ketones is 1. The predicted octanol–water partition coefficient (Wildman–Crippen LogP) is 8.38. The van der Waals surface area contributed by atoms with Gasteiger partial charge in [-0.15, -0.1) is 0 Å². The van der Waals surface area contributed by atoms with Gasteiger partial charge < -0.3 is 0 Å². The fourth-order valence-corrected chi connectivity index (χ4v) is 11.1. The van der Waals surface area contributed by atoms with Crippen LogP contribution in [0.1, 0.15) is 120 Å². The van der Waals surface area contributed by atoms with Crippen molar-refractivity contribution < 1.29 is 4.79 Å². The van der Waals surface area contributed by atoms with E-state index in [2.05, 4.69) is 55.4 Å². The summed E-state index contributed by atoms with van der Waals surface area (Å²) in [7, 11) is 0. The van der Waals surface area contributed by atoms with Gasteiger partial charge in [-0.1, -0.05) is 66.5 Å². The molecule has 1 heteroatoms. The van der Waals surface area contributed by atoms with E-state index < -0.39 is 0 Å². The minimum absolute atomic E-state index is 0.127. The van der Waals surface area contributed by atoms with E-state index >= 15 is 0 Å². The zero-order valence-corrected chi connectivity index (χ0v) is 21.8. The van der Waals surface area contributed by atoms with Crippen molar-refractivity contribution in [3.63, 3.8) is 0 Å². The van der Waals surface area contributed by atoms with Gasteiger partial charge in [-0.25, -0.2) is 0 Å². The number of fused-ring (bicyclic) bond motifs is 7. The Balaban J connectivity index is 1.55. The maximum atomic E-state index is 12.9. The highest BCUT2D eigenvalue weighted by Crippen LogP contribution is 2.77. The van der Waals surface area contributed by atoms with E-state index in [0.717, 1.165) is 30.6 Å². The van der Waals surface area contributed by atoms with E-state index in [-0.39, 0.29) is 5.41 Å². The Hall–Kier alpha value is -0.590. The molecule has 0 heterocycles. The first kappa shape index (κ1) is 22.2. The van der Waals surface area contributed by atoms with Crippen LogP contribution in [-0.4, -0.2) is 5.78 Å². The number of rotatable bonds is 1. The Labute approximate surface area is 192 Å². The van der Waals surface area contributed by atoms with Gasteiger partial charge in [0.1, 0.15) is 5.78 Å². The van der Waals surface area contributed by atoms with Gasteiger partial charge in [0.2, 0.25) is 0 Å². The van der Waals surface area contributed by atoms with Crippen LogP contribution < -0.4 is 0 Å². The lowest BCUT2D eigenvalue weighted by Gasteiger charge is -2.72. The van der Waals surface area contributed by atoms with Crippen molar-refractivity contribution in [2.45, 2.75) is 120 Å². The molecule has 5 rings (SSSR count). The van der Waals surface area contributed by atoms with Crippen molar-refractivity contribution in [3.05, 3.63) is 11.1 Å². The van der Waals surface area contributed by atoms with Gasteiger partial charge in [0.15, 0.2) is 0 Å². The second-order valence-corrected chi connectivity index (χ2v) is 14.3. The van der Waals surface area contributed by atoms with Crippen LogP contribution in [0.15, 0.2) is 11.1 Å². The third-order valence-corrected chi connectivity index (χ3v) is 13.0. The summed E-state index contributed by atoms with van der Waals surface area (Å²) < 4.78 is 0. The van der Waals surface area contributed by atoms with E-state index in [4.69, 9.17) is 0 Å². The zero-order valence-electron chi connectivity index (χ0n) is 21.8. The minimum Gasteiger partial charge on any atom is -0.299 e. The van der Waals surface area contributed by atoms with Gasteiger partial charge in [-0.3, -0.25) is 4.79 Å². The number of allylic oxidation sites excluding steroid dienone is 2. The highest BCUT2D eigenvalue weighted by atomic mass is 16.1. The van der Waals surface area contributed by atoms with Crippen LogP contribution in [0.5, 0.6) is 0 Å². The highest BCUT2D eigenvalue weighted by molar-refractivity contribution is 5.85. The lowest BCUT2D eigenvalue weighted by atomic mass is 9.32. The first-order valence-corrected chi connectivity index (χ1v) is 13.6. The van der Waals surface area contributed by atoms with Gasteiger partial charge in [0.25, 0.3) is 0 Å². The monoisotopic (exact) mass is 424 g/mol. The van der Waals surface area contributed by atoms with Crippen LogP contribution in [0, 0.1) is 50.7 Å². The van der Waals surface area contributed by atoms with E-state index in [0.29, 0.717) is 33.4 Å². The number of carbonyl (C=O) groups excluding carboxylic acids is 1. The van der Waals surface area contributed by atoms with Crippen LogP contribution in [-0.2, 0) is 4.79 Å². The molecule has 0 saturated heterocycles. The molecule has 0 spiro atoms. The fraction of sp³-hybridized carbons (Fsp3) is 0.900.